The number of nitrogens with two attached hydrogens (primary N) is 1. The van der Waals surface area contributed by atoms with Crippen molar-refractivity contribution in [2.45, 2.75) is 35.2 Å². The van der Waals surface area contributed by atoms with Crippen LogP contribution in [0.4, 0.5) is 5.13 Å². The highest BCUT2D eigenvalue weighted by atomic mass is 32.2. The summed E-state index contributed by atoms with van der Waals surface area (Å²) in [5, 5.41) is 26.6. The molecule has 0 aliphatic carbocycles. The molecule has 18 heteroatoms. The molecule has 2 aliphatic rings. The summed E-state index contributed by atoms with van der Waals surface area (Å²) in [6.45, 7) is 2.50. The molecule has 5 rings (SSSR count). The molecule has 5 N–H and O–H groups in total. The number of nitrogen functional groups attached to an aromatic ring is 1. The first-order valence-electron chi connectivity index (χ1n) is 12.2. The molecular weight excluding hydrogens is 627 g/mol. The van der Waals surface area contributed by atoms with E-state index in [-0.39, 0.29) is 22.2 Å². The van der Waals surface area contributed by atoms with Crippen LogP contribution >= 0.6 is 46.2 Å². The number of rotatable bonds is 10. The monoisotopic (exact) mass is 650 g/mol. The number of oxime groups is 1. The Labute approximate surface area is 254 Å². The van der Waals surface area contributed by atoms with Crippen molar-refractivity contribution in [2.75, 3.05) is 17.2 Å². The van der Waals surface area contributed by atoms with Crippen LogP contribution in [0.5, 0.6) is 0 Å². The van der Waals surface area contributed by atoms with Crippen molar-refractivity contribution in [3.63, 3.8) is 0 Å². The number of aromatic nitrogens is 3. The quantitative estimate of drug-likeness (QED) is 0.0806. The highest BCUT2D eigenvalue weighted by Gasteiger charge is 2.54. The van der Waals surface area contributed by atoms with Gasteiger partial charge in [-0.2, -0.15) is 0 Å². The van der Waals surface area contributed by atoms with Crippen LogP contribution in [-0.4, -0.2) is 83.1 Å². The number of amides is 2. The number of thioether (sulfide) groups is 2. The van der Waals surface area contributed by atoms with Crippen molar-refractivity contribution in [3.05, 3.63) is 40.8 Å². The van der Waals surface area contributed by atoms with Gasteiger partial charge in [0, 0.05) is 23.0 Å². The first-order valence-corrected chi connectivity index (χ1v) is 15.9. The number of pyridine rings is 1. The van der Waals surface area contributed by atoms with Crippen molar-refractivity contribution in [1.29, 1.82) is 0 Å². The molecule has 0 spiro atoms. The average molecular weight is 651 g/mol. The number of fused-ring (bicyclic) bond motifs is 2. The van der Waals surface area contributed by atoms with E-state index in [0.717, 1.165) is 25.9 Å². The van der Waals surface area contributed by atoms with Gasteiger partial charge in [-0.15, -0.1) is 34.4 Å². The number of nitrogens with zero attached hydrogens (tertiary/aromatic N) is 5. The van der Waals surface area contributed by atoms with Crippen molar-refractivity contribution in [1.82, 2.24) is 20.2 Å². The van der Waals surface area contributed by atoms with Crippen LogP contribution in [0.1, 0.15) is 19.5 Å². The Kier molecular flexibility index (Phi) is 8.15. The molecule has 0 bridgehead atoms. The third kappa shape index (κ3) is 5.79. The van der Waals surface area contributed by atoms with Gasteiger partial charge in [0.25, 0.3) is 11.8 Å². The fourth-order valence-electron chi connectivity index (χ4n) is 3.97. The maximum Gasteiger partial charge on any atom is 0.352 e. The van der Waals surface area contributed by atoms with Crippen molar-refractivity contribution >= 4 is 91.0 Å². The Morgan fingerprint density at radius 1 is 1.33 bits per heavy atom. The van der Waals surface area contributed by atoms with Gasteiger partial charge in [0.2, 0.25) is 5.60 Å². The molecule has 2 amide bonds. The highest BCUT2D eigenvalue weighted by molar-refractivity contribution is 8.02. The van der Waals surface area contributed by atoms with Crippen LogP contribution in [0, 0.1) is 0 Å². The number of carboxylic acid groups (broad SMARTS) is 2. The lowest BCUT2D eigenvalue weighted by atomic mass is 10.0. The van der Waals surface area contributed by atoms with Gasteiger partial charge in [-0.1, -0.05) is 16.9 Å². The van der Waals surface area contributed by atoms with Gasteiger partial charge >= 0.3 is 11.9 Å². The van der Waals surface area contributed by atoms with Gasteiger partial charge in [0.15, 0.2) is 27.6 Å². The number of carbonyl (C=O) groups excluding carboxylic acids is 2. The summed E-state index contributed by atoms with van der Waals surface area (Å²) in [5.74, 6) is -3.36. The van der Waals surface area contributed by atoms with Gasteiger partial charge in [0.05, 0.1) is 4.70 Å². The molecular formula is C24H24N7O7S4+. The minimum Gasteiger partial charge on any atom is -0.478 e. The fourth-order valence-corrected chi connectivity index (χ4v) is 8.04. The number of nitrogens with one attached hydrogen (secondary N) is 1. The summed E-state index contributed by atoms with van der Waals surface area (Å²) >= 11 is 5.26. The molecule has 2 atom stereocenters. The Morgan fingerprint density at radius 2 is 2.10 bits per heavy atom. The molecule has 0 aromatic carbocycles. The molecule has 5 heterocycles. The van der Waals surface area contributed by atoms with Gasteiger partial charge in [-0.25, -0.2) is 24.1 Å². The molecule has 3 aromatic heterocycles. The second kappa shape index (κ2) is 11.5. The molecule has 1 saturated heterocycles. The summed E-state index contributed by atoms with van der Waals surface area (Å²) < 4.78 is 3.69. The molecule has 0 saturated carbocycles. The van der Waals surface area contributed by atoms with Crippen LogP contribution in [0.25, 0.3) is 10.2 Å². The Morgan fingerprint density at radius 3 is 2.76 bits per heavy atom. The van der Waals surface area contributed by atoms with Gasteiger partial charge < -0.3 is 26.1 Å². The maximum atomic E-state index is 13.2. The summed E-state index contributed by atoms with van der Waals surface area (Å²) in [4.78, 5) is 65.0. The second-order valence-corrected chi connectivity index (χ2v) is 13.9. The summed E-state index contributed by atoms with van der Waals surface area (Å²) in [7, 11) is 1.90. The smallest absolute Gasteiger partial charge is 0.352 e. The molecule has 220 valence electrons. The number of β-lactam (4-membered cyclic amide) rings is 1. The normalized spacial score (nSPS) is 19.0. The van der Waals surface area contributed by atoms with E-state index >= 15 is 0 Å². The topological polar surface area (TPSA) is 201 Å². The number of carboxylic acids is 2. The number of anilines is 1. The number of hydrogen-bond acceptors (Lipinski definition) is 13. The zero-order valence-electron chi connectivity index (χ0n) is 22.3. The molecule has 14 nitrogen and oxygen atoms in total. The number of thiazole rings is 2. The lowest BCUT2D eigenvalue weighted by Gasteiger charge is -2.49. The number of aryl methyl sites for hydroxylation is 1. The Bertz CT molecular complexity index is 1680. The third-order valence-electron chi connectivity index (χ3n) is 6.21. The van der Waals surface area contributed by atoms with E-state index < -0.39 is 40.8 Å². The largest absolute Gasteiger partial charge is 0.478 e. The highest BCUT2D eigenvalue weighted by Crippen LogP contribution is 2.42. The summed E-state index contributed by atoms with van der Waals surface area (Å²) in [6.07, 6.45) is 3.83. The van der Waals surface area contributed by atoms with Gasteiger partial charge in [-0.3, -0.25) is 14.5 Å². The lowest BCUT2D eigenvalue weighted by molar-refractivity contribution is -0.670. The van der Waals surface area contributed by atoms with E-state index in [4.69, 9.17) is 10.6 Å². The lowest BCUT2D eigenvalue weighted by Crippen LogP contribution is -2.71. The van der Waals surface area contributed by atoms with E-state index in [2.05, 4.69) is 20.4 Å². The van der Waals surface area contributed by atoms with Crippen LogP contribution in [0.3, 0.4) is 0 Å². The zero-order chi connectivity index (χ0) is 30.3. The van der Waals surface area contributed by atoms with Crippen LogP contribution in [0.15, 0.2) is 44.6 Å². The summed E-state index contributed by atoms with van der Waals surface area (Å²) in [5.41, 5.74) is 4.90. The third-order valence-corrected chi connectivity index (χ3v) is 10.5. The SMILES string of the molecule is C[n+]1ccc2sc(SCC3=C(C(=O)O)N4C(=O)C(NC(=O)C(=NOC(C)(C)C(=O)O)c5csc(N)n5)[C@@H]4SC3)nc2c1. The van der Waals surface area contributed by atoms with Crippen molar-refractivity contribution in [3.8, 4) is 0 Å². The van der Waals surface area contributed by atoms with E-state index in [1.165, 1.54) is 59.0 Å². The van der Waals surface area contributed by atoms with Crippen LogP contribution < -0.4 is 15.6 Å². The van der Waals surface area contributed by atoms with E-state index in [1.807, 2.05) is 30.1 Å². The fraction of sp³-hybridized carbons (Fsp3) is 0.333. The maximum absolute atomic E-state index is 13.2. The minimum absolute atomic E-state index is 0.0325. The predicted molar refractivity (Wildman–Crippen MR) is 157 cm³/mol. The van der Waals surface area contributed by atoms with Gasteiger partial charge in [0.1, 0.15) is 35.4 Å². The first-order chi connectivity index (χ1) is 19.9. The summed E-state index contributed by atoms with van der Waals surface area (Å²) in [6, 6.07) is 0.913. The van der Waals surface area contributed by atoms with E-state index in [9.17, 15) is 29.4 Å². The Hall–Kier alpha value is -3.74. The van der Waals surface area contributed by atoms with E-state index in [1.54, 1.807) is 0 Å². The van der Waals surface area contributed by atoms with Crippen molar-refractivity contribution in [2.24, 2.45) is 12.2 Å². The van der Waals surface area contributed by atoms with Crippen molar-refractivity contribution < 1.29 is 38.8 Å². The standard InChI is InChI=1S/C24H23N7O7S4/c1-24(2,21(36)37)38-29-14(12-9-40-22(25)26-12)17(32)28-15-18(33)31-16(20(34)35)10(7-39-19(15)31)8-41-23-27-11-6-30(3)5-4-13(11)42-23/h4-6,9,15,19H,7-8H2,1-3H3,(H4-,25,26,28,32,34,35,36,37)/p+1/t15?,19-/m0/s1. The molecule has 42 heavy (non-hydrogen) atoms. The number of aliphatic carboxylic acids is 2. The zero-order valence-corrected chi connectivity index (χ0v) is 25.5. The number of carbonyl (C=O) groups is 4. The second-order valence-electron chi connectivity index (χ2n) is 9.66. The van der Waals surface area contributed by atoms with Crippen LogP contribution in [-0.2, 0) is 31.1 Å². The first kappa shape index (κ1) is 29.7. The number of hydrogen-bond donors (Lipinski definition) is 4. The Balaban J connectivity index is 1.32. The minimum atomic E-state index is -1.76. The molecule has 0 radical (unpaired) electrons. The van der Waals surface area contributed by atoms with Gasteiger partial charge in [-0.05, 0) is 19.4 Å². The molecule has 1 unspecified atom stereocenters. The molecule has 1 fully saturated rings. The molecule has 2 aliphatic heterocycles. The average Bonchev–Trinajstić information content (AvgIpc) is 3.54. The predicted octanol–water partition coefficient (Wildman–Crippen LogP) is 1.27. The molecule has 3 aromatic rings. The van der Waals surface area contributed by atoms with Crippen LogP contribution in [0.2, 0.25) is 0 Å². The van der Waals surface area contributed by atoms with E-state index in [0.29, 0.717) is 17.1 Å².